The summed E-state index contributed by atoms with van der Waals surface area (Å²) in [6.45, 7) is -0.816. The van der Waals surface area contributed by atoms with E-state index in [9.17, 15) is 27.0 Å². The van der Waals surface area contributed by atoms with Crippen molar-refractivity contribution < 1.29 is 27.0 Å². The maximum Gasteiger partial charge on any atom is 0.245 e. The van der Waals surface area contributed by atoms with Crippen LogP contribution in [0.15, 0.2) is 41.4 Å². The number of nitrogens with zero attached hydrogens (tertiary/aromatic N) is 2. The van der Waals surface area contributed by atoms with E-state index in [-0.39, 0.29) is 17.0 Å². The standard InChI is InChI=1S/C15H18N2O6S2/c18-8-7-17(12-9-24(20,21)10-13(12)19)25(22,23)14-5-1-3-11-4-2-6-16-15(11)14/h1-6,12-13,18-19H,7-10H2/t12-,13-/m1/s1. The first-order valence-corrected chi connectivity index (χ1v) is 10.9. The maximum absolute atomic E-state index is 13.1. The highest BCUT2D eigenvalue weighted by Crippen LogP contribution is 2.28. The summed E-state index contributed by atoms with van der Waals surface area (Å²) in [6.07, 6.45) is 0.126. The van der Waals surface area contributed by atoms with Gasteiger partial charge >= 0.3 is 0 Å². The van der Waals surface area contributed by atoms with Gasteiger partial charge in [0.2, 0.25) is 10.0 Å². The molecule has 1 aromatic carbocycles. The number of aliphatic hydroxyl groups excluding tert-OH is 2. The van der Waals surface area contributed by atoms with E-state index in [2.05, 4.69) is 4.98 Å². The average molecular weight is 386 g/mol. The largest absolute Gasteiger partial charge is 0.395 e. The van der Waals surface area contributed by atoms with Gasteiger partial charge < -0.3 is 10.2 Å². The molecule has 2 atom stereocenters. The fourth-order valence-corrected chi connectivity index (χ4v) is 6.77. The Balaban J connectivity index is 2.12. The van der Waals surface area contributed by atoms with Crippen molar-refractivity contribution in [3.05, 3.63) is 36.5 Å². The van der Waals surface area contributed by atoms with E-state index < -0.39 is 50.1 Å². The number of aromatic nitrogens is 1. The zero-order valence-electron chi connectivity index (χ0n) is 13.2. The molecule has 1 aromatic heterocycles. The molecule has 2 heterocycles. The van der Waals surface area contributed by atoms with E-state index >= 15 is 0 Å². The molecule has 0 spiro atoms. The lowest BCUT2D eigenvalue weighted by Gasteiger charge is -2.29. The highest BCUT2D eigenvalue weighted by atomic mass is 32.2. The Kier molecular flexibility index (Phi) is 4.82. The molecule has 1 aliphatic heterocycles. The highest BCUT2D eigenvalue weighted by Gasteiger charge is 2.44. The summed E-state index contributed by atoms with van der Waals surface area (Å²) < 4.78 is 50.7. The molecular formula is C15H18N2O6S2. The van der Waals surface area contributed by atoms with Crippen LogP contribution in [0.25, 0.3) is 10.9 Å². The summed E-state index contributed by atoms with van der Waals surface area (Å²) in [7, 11) is -7.72. The molecule has 1 saturated heterocycles. The lowest BCUT2D eigenvalue weighted by Crippen LogP contribution is -2.47. The zero-order chi connectivity index (χ0) is 18.2. The average Bonchev–Trinajstić information content (AvgIpc) is 2.84. The van der Waals surface area contributed by atoms with Crippen LogP contribution in [0.1, 0.15) is 0 Å². The molecule has 1 aliphatic rings. The van der Waals surface area contributed by atoms with Crippen molar-refractivity contribution in [3.8, 4) is 0 Å². The van der Waals surface area contributed by atoms with Crippen molar-refractivity contribution in [2.75, 3.05) is 24.7 Å². The van der Waals surface area contributed by atoms with Gasteiger partial charge in [-0.3, -0.25) is 4.98 Å². The summed E-state index contributed by atoms with van der Waals surface area (Å²) in [5.41, 5.74) is 0.253. The van der Waals surface area contributed by atoms with E-state index in [0.29, 0.717) is 5.39 Å². The molecule has 3 rings (SSSR count). The minimum absolute atomic E-state index is 0.0875. The summed E-state index contributed by atoms with van der Waals surface area (Å²) in [6, 6.07) is 6.92. The molecule has 0 bridgehead atoms. The molecule has 0 amide bonds. The van der Waals surface area contributed by atoms with Gasteiger partial charge in [0.25, 0.3) is 0 Å². The topological polar surface area (TPSA) is 125 Å². The Morgan fingerprint density at radius 2 is 1.92 bits per heavy atom. The molecular weight excluding hydrogens is 368 g/mol. The minimum atomic E-state index is -4.17. The monoisotopic (exact) mass is 386 g/mol. The van der Waals surface area contributed by atoms with Crippen LogP contribution in [0.2, 0.25) is 0 Å². The highest BCUT2D eigenvalue weighted by molar-refractivity contribution is 7.92. The quantitative estimate of drug-likeness (QED) is 0.701. The van der Waals surface area contributed by atoms with Crippen LogP contribution in [0, 0.1) is 0 Å². The van der Waals surface area contributed by atoms with Crippen molar-refractivity contribution in [1.29, 1.82) is 0 Å². The molecule has 1 fully saturated rings. The second-order valence-electron chi connectivity index (χ2n) is 5.88. The van der Waals surface area contributed by atoms with Crippen LogP contribution in [-0.4, -0.2) is 73.1 Å². The molecule has 136 valence electrons. The second kappa shape index (κ2) is 6.61. The number of hydrogen-bond donors (Lipinski definition) is 2. The Bertz CT molecular complexity index is 985. The molecule has 0 radical (unpaired) electrons. The van der Waals surface area contributed by atoms with Gasteiger partial charge in [-0.2, -0.15) is 4.31 Å². The number of hydrogen-bond acceptors (Lipinski definition) is 7. The van der Waals surface area contributed by atoms with Gasteiger partial charge in [-0.1, -0.05) is 18.2 Å². The van der Waals surface area contributed by atoms with Gasteiger partial charge in [0.15, 0.2) is 9.84 Å². The molecule has 0 aliphatic carbocycles. The van der Waals surface area contributed by atoms with Crippen LogP contribution in [-0.2, 0) is 19.9 Å². The van der Waals surface area contributed by atoms with Gasteiger partial charge in [0.05, 0.1) is 35.8 Å². The molecule has 25 heavy (non-hydrogen) atoms. The van der Waals surface area contributed by atoms with Crippen molar-refractivity contribution in [2.45, 2.75) is 17.0 Å². The number of para-hydroxylation sites is 1. The number of rotatable bonds is 5. The third-order valence-electron chi connectivity index (χ3n) is 4.17. The first-order valence-electron chi connectivity index (χ1n) is 7.61. The van der Waals surface area contributed by atoms with Crippen LogP contribution < -0.4 is 0 Å². The number of sulfone groups is 1. The number of aliphatic hydroxyl groups is 2. The zero-order valence-corrected chi connectivity index (χ0v) is 14.8. The van der Waals surface area contributed by atoms with Crippen molar-refractivity contribution >= 4 is 30.8 Å². The van der Waals surface area contributed by atoms with Gasteiger partial charge in [-0.05, 0) is 12.1 Å². The molecule has 2 N–H and O–H groups in total. The second-order valence-corrected chi connectivity index (χ2v) is 9.90. The predicted molar refractivity (Wildman–Crippen MR) is 91.2 cm³/mol. The lowest BCUT2D eigenvalue weighted by atomic mass is 10.2. The Morgan fingerprint density at radius 1 is 1.20 bits per heavy atom. The fourth-order valence-electron chi connectivity index (χ4n) is 3.06. The molecule has 2 aromatic rings. The third kappa shape index (κ3) is 3.40. The van der Waals surface area contributed by atoms with Gasteiger partial charge in [-0.15, -0.1) is 0 Å². The van der Waals surface area contributed by atoms with Crippen LogP contribution in [0.3, 0.4) is 0 Å². The van der Waals surface area contributed by atoms with Gasteiger partial charge in [0, 0.05) is 18.1 Å². The summed E-state index contributed by atoms with van der Waals surface area (Å²) in [5.74, 6) is -0.978. The molecule has 10 heteroatoms. The van der Waals surface area contributed by atoms with Crippen LogP contribution in [0.5, 0.6) is 0 Å². The molecule has 0 saturated carbocycles. The van der Waals surface area contributed by atoms with E-state index in [1.165, 1.54) is 12.3 Å². The minimum Gasteiger partial charge on any atom is -0.395 e. The Hall–Kier alpha value is -1.59. The number of fused-ring (bicyclic) bond motifs is 1. The van der Waals surface area contributed by atoms with E-state index in [0.717, 1.165) is 4.31 Å². The van der Waals surface area contributed by atoms with Crippen molar-refractivity contribution in [1.82, 2.24) is 9.29 Å². The van der Waals surface area contributed by atoms with E-state index in [1.807, 2.05) is 0 Å². The first kappa shape index (κ1) is 18.2. The smallest absolute Gasteiger partial charge is 0.245 e. The van der Waals surface area contributed by atoms with Crippen LogP contribution >= 0.6 is 0 Å². The summed E-state index contributed by atoms with van der Waals surface area (Å²) in [5, 5.41) is 20.0. The Labute approximate surface area is 145 Å². The fraction of sp³-hybridized carbons (Fsp3) is 0.400. The van der Waals surface area contributed by atoms with Crippen LogP contribution in [0.4, 0.5) is 0 Å². The Morgan fingerprint density at radius 3 is 2.56 bits per heavy atom. The van der Waals surface area contributed by atoms with E-state index in [4.69, 9.17) is 0 Å². The predicted octanol–water partition coefficient (Wildman–Crippen LogP) is -0.624. The number of benzene rings is 1. The van der Waals surface area contributed by atoms with Gasteiger partial charge in [0.1, 0.15) is 4.90 Å². The lowest BCUT2D eigenvalue weighted by molar-refractivity contribution is 0.117. The molecule has 0 unspecified atom stereocenters. The van der Waals surface area contributed by atoms with Gasteiger partial charge in [-0.25, -0.2) is 16.8 Å². The number of pyridine rings is 1. The van der Waals surface area contributed by atoms with Crippen molar-refractivity contribution in [3.63, 3.8) is 0 Å². The first-order chi connectivity index (χ1) is 11.8. The summed E-state index contributed by atoms with van der Waals surface area (Å²) >= 11 is 0. The normalized spacial score (nSPS) is 23.3. The summed E-state index contributed by atoms with van der Waals surface area (Å²) in [4.78, 5) is 4.03. The van der Waals surface area contributed by atoms with E-state index in [1.54, 1.807) is 24.3 Å². The maximum atomic E-state index is 13.1. The molecule has 8 nitrogen and oxygen atoms in total. The van der Waals surface area contributed by atoms with Crippen molar-refractivity contribution in [2.24, 2.45) is 0 Å². The SMILES string of the molecule is O=S1(=O)C[C@@H](O)[C@H](N(CCO)S(=O)(=O)c2cccc3cccnc23)C1. The third-order valence-corrected chi connectivity index (χ3v) is 7.82. The number of sulfonamides is 1.